The molecule has 3 N–H and O–H groups in total. The van der Waals surface area contributed by atoms with Gasteiger partial charge in [-0.3, -0.25) is 0 Å². The maximum Gasteiger partial charge on any atom is 0.148 e. The molecule has 0 saturated heterocycles. The van der Waals surface area contributed by atoms with Gasteiger partial charge < -0.3 is 15.8 Å². The minimum atomic E-state index is 0.152. The highest BCUT2D eigenvalue weighted by Crippen LogP contribution is 2.02. The Morgan fingerprint density at radius 1 is 1.54 bits per heavy atom. The molecule has 0 amide bonds. The van der Waals surface area contributed by atoms with Crippen LogP contribution in [-0.4, -0.2) is 30.0 Å². The van der Waals surface area contributed by atoms with Crippen molar-refractivity contribution in [1.82, 2.24) is 10.2 Å². The number of nitrogen functional groups attached to an aromatic ring is 1. The lowest BCUT2D eigenvalue weighted by Crippen LogP contribution is -2.18. The molecule has 0 aliphatic heterocycles. The molecule has 5 heteroatoms. The number of rotatable bonds is 4. The lowest BCUT2D eigenvalue weighted by atomic mass is 10.4. The number of nitrogens with zero attached hydrogens (tertiary/aromatic N) is 2. The predicted molar refractivity (Wildman–Crippen MR) is 51.4 cm³/mol. The molecule has 0 spiro atoms. The highest BCUT2D eigenvalue weighted by atomic mass is 16.5. The fraction of sp³-hybridized carbons (Fsp3) is 0.500. The largest absolute Gasteiger partial charge is 0.382 e. The zero-order chi connectivity index (χ0) is 9.68. The van der Waals surface area contributed by atoms with E-state index < -0.39 is 0 Å². The summed E-state index contributed by atoms with van der Waals surface area (Å²) < 4.78 is 5.06. The van der Waals surface area contributed by atoms with Crippen LogP contribution in [0.25, 0.3) is 0 Å². The third-order valence-electron chi connectivity index (χ3n) is 1.66. The van der Waals surface area contributed by atoms with Gasteiger partial charge in [-0.2, -0.15) is 0 Å². The van der Waals surface area contributed by atoms with Gasteiger partial charge in [-0.15, -0.1) is 10.2 Å². The molecule has 0 bridgehead atoms. The molecule has 0 aliphatic rings. The average Bonchev–Trinajstić information content (AvgIpc) is 2.16. The summed E-state index contributed by atoms with van der Waals surface area (Å²) in [5.74, 6) is 1.13. The van der Waals surface area contributed by atoms with Gasteiger partial charge in [-0.25, -0.2) is 0 Å². The Labute approximate surface area is 77.3 Å². The van der Waals surface area contributed by atoms with Gasteiger partial charge in [0.25, 0.3) is 0 Å². The van der Waals surface area contributed by atoms with E-state index >= 15 is 0 Å². The fourth-order valence-electron chi connectivity index (χ4n) is 0.768. The van der Waals surface area contributed by atoms with Gasteiger partial charge >= 0.3 is 0 Å². The average molecular weight is 182 g/mol. The lowest BCUT2D eigenvalue weighted by Gasteiger charge is -2.10. The highest BCUT2D eigenvalue weighted by molar-refractivity contribution is 5.38. The molecule has 1 rings (SSSR count). The van der Waals surface area contributed by atoms with Crippen molar-refractivity contribution in [2.24, 2.45) is 0 Å². The first-order valence-corrected chi connectivity index (χ1v) is 4.08. The van der Waals surface area contributed by atoms with Gasteiger partial charge in [-0.1, -0.05) is 0 Å². The van der Waals surface area contributed by atoms with Crippen molar-refractivity contribution in [3.05, 3.63) is 12.1 Å². The number of nitrogens with two attached hydrogens (primary N) is 1. The van der Waals surface area contributed by atoms with E-state index in [1.807, 2.05) is 6.92 Å². The van der Waals surface area contributed by atoms with E-state index in [4.69, 9.17) is 10.5 Å². The molecule has 0 fully saturated rings. The van der Waals surface area contributed by atoms with E-state index in [2.05, 4.69) is 15.5 Å². The summed E-state index contributed by atoms with van der Waals surface area (Å²) in [6.45, 7) is 2.67. The number of hydrogen-bond acceptors (Lipinski definition) is 5. The number of nitrogens with one attached hydrogen (secondary N) is 1. The van der Waals surface area contributed by atoms with E-state index in [-0.39, 0.29) is 6.10 Å². The second-order valence-corrected chi connectivity index (χ2v) is 2.77. The van der Waals surface area contributed by atoms with Crippen LogP contribution in [0, 0.1) is 0 Å². The summed E-state index contributed by atoms with van der Waals surface area (Å²) in [4.78, 5) is 0. The van der Waals surface area contributed by atoms with Crippen LogP contribution in [0.1, 0.15) is 6.92 Å². The molecule has 1 unspecified atom stereocenters. The summed E-state index contributed by atoms with van der Waals surface area (Å²) in [6.07, 6.45) is 0.152. The number of hydrogen-bond donors (Lipinski definition) is 2. The van der Waals surface area contributed by atoms with Crippen LogP contribution in [0.5, 0.6) is 0 Å². The van der Waals surface area contributed by atoms with Crippen molar-refractivity contribution in [3.8, 4) is 0 Å². The Hall–Kier alpha value is -1.36. The first-order chi connectivity index (χ1) is 6.22. The zero-order valence-corrected chi connectivity index (χ0v) is 7.82. The summed E-state index contributed by atoms with van der Waals surface area (Å²) in [7, 11) is 1.67. The van der Waals surface area contributed by atoms with Crippen LogP contribution < -0.4 is 11.1 Å². The van der Waals surface area contributed by atoms with Crippen molar-refractivity contribution in [2.75, 3.05) is 24.7 Å². The summed E-state index contributed by atoms with van der Waals surface area (Å²) in [6, 6.07) is 3.48. The Kier molecular flexibility index (Phi) is 3.45. The van der Waals surface area contributed by atoms with E-state index in [0.29, 0.717) is 18.2 Å². The molecule has 5 nitrogen and oxygen atoms in total. The number of anilines is 2. The maximum atomic E-state index is 5.38. The number of methoxy groups -OCH3 is 1. The van der Waals surface area contributed by atoms with Crippen molar-refractivity contribution < 1.29 is 4.74 Å². The first kappa shape index (κ1) is 9.73. The Morgan fingerprint density at radius 3 is 2.85 bits per heavy atom. The van der Waals surface area contributed by atoms with E-state index in [9.17, 15) is 0 Å². The predicted octanol–water partition coefficient (Wildman–Crippen LogP) is 0.506. The molecule has 0 aliphatic carbocycles. The van der Waals surface area contributed by atoms with Crippen LogP contribution in [0.3, 0.4) is 0 Å². The maximum absolute atomic E-state index is 5.38. The first-order valence-electron chi connectivity index (χ1n) is 4.08. The molecule has 0 aromatic carbocycles. The summed E-state index contributed by atoms with van der Waals surface area (Å²) >= 11 is 0. The van der Waals surface area contributed by atoms with Crippen LogP contribution in [0.2, 0.25) is 0 Å². The highest BCUT2D eigenvalue weighted by Gasteiger charge is 1.99. The molecule has 0 saturated carbocycles. The number of ether oxygens (including phenoxy) is 1. The van der Waals surface area contributed by atoms with Gasteiger partial charge in [0.05, 0.1) is 6.10 Å². The third-order valence-corrected chi connectivity index (χ3v) is 1.66. The molecule has 1 aromatic heterocycles. The van der Waals surface area contributed by atoms with E-state index in [0.717, 1.165) is 0 Å². The minimum Gasteiger partial charge on any atom is -0.382 e. The summed E-state index contributed by atoms with van der Waals surface area (Å²) in [5, 5.41) is 10.6. The van der Waals surface area contributed by atoms with Gasteiger partial charge in [0.1, 0.15) is 11.6 Å². The lowest BCUT2D eigenvalue weighted by molar-refractivity contribution is 0.128. The van der Waals surface area contributed by atoms with Crippen molar-refractivity contribution in [3.63, 3.8) is 0 Å². The quantitative estimate of drug-likeness (QED) is 0.709. The normalized spacial score (nSPS) is 12.5. The zero-order valence-electron chi connectivity index (χ0n) is 7.82. The summed E-state index contributed by atoms with van der Waals surface area (Å²) in [5.41, 5.74) is 5.38. The Morgan fingerprint density at radius 2 is 2.31 bits per heavy atom. The van der Waals surface area contributed by atoms with Crippen molar-refractivity contribution >= 4 is 11.6 Å². The molecular weight excluding hydrogens is 168 g/mol. The van der Waals surface area contributed by atoms with E-state index in [1.165, 1.54) is 0 Å². The molecular formula is C8H14N4O. The smallest absolute Gasteiger partial charge is 0.148 e. The van der Waals surface area contributed by atoms with Gasteiger partial charge in [0.2, 0.25) is 0 Å². The van der Waals surface area contributed by atoms with Crippen molar-refractivity contribution in [1.29, 1.82) is 0 Å². The molecule has 72 valence electrons. The van der Waals surface area contributed by atoms with Crippen LogP contribution >= 0.6 is 0 Å². The Bertz CT molecular complexity index is 249. The molecule has 1 atom stereocenters. The third kappa shape index (κ3) is 3.25. The van der Waals surface area contributed by atoms with Gasteiger partial charge in [-0.05, 0) is 19.1 Å². The Balaban J connectivity index is 2.41. The molecule has 1 aromatic rings. The van der Waals surface area contributed by atoms with Crippen LogP contribution in [-0.2, 0) is 4.74 Å². The number of aromatic nitrogens is 2. The van der Waals surface area contributed by atoms with E-state index in [1.54, 1.807) is 19.2 Å². The van der Waals surface area contributed by atoms with Crippen LogP contribution in [0.4, 0.5) is 11.6 Å². The molecule has 13 heavy (non-hydrogen) atoms. The van der Waals surface area contributed by atoms with Gasteiger partial charge in [0, 0.05) is 13.7 Å². The molecule has 1 heterocycles. The monoisotopic (exact) mass is 182 g/mol. The second kappa shape index (κ2) is 4.61. The fourth-order valence-corrected chi connectivity index (χ4v) is 0.768. The van der Waals surface area contributed by atoms with Crippen molar-refractivity contribution in [2.45, 2.75) is 13.0 Å². The topological polar surface area (TPSA) is 73.1 Å². The van der Waals surface area contributed by atoms with Crippen LogP contribution in [0.15, 0.2) is 12.1 Å². The SMILES string of the molecule is COC(C)CNc1ccc(N)nn1. The molecule has 0 radical (unpaired) electrons. The second-order valence-electron chi connectivity index (χ2n) is 2.77. The minimum absolute atomic E-state index is 0.152. The standard InChI is InChI=1S/C8H14N4O/c1-6(13-2)5-10-8-4-3-7(9)11-12-8/h3-4,6H,5H2,1-2H3,(H2,9,11)(H,10,12). The van der Waals surface area contributed by atoms with Gasteiger partial charge in [0.15, 0.2) is 0 Å².